The van der Waals surface area contributed by atoms with E-state index >= 15 is 0 Å². The van der Waals surface area contributed by atoms with Gasteiger partial charge in [0.05, 0.1) is 6.04 Å². The van der Waals surface area contributed by atoms with Crippen LogP contribution in [0.5, 0.6) is 0 Å². The predicted molar refractivity (Wildman–Crippen MR) is 83.7 cm³/mol. The highest BCUT2D eigenvalue weighted by Crippen LogP contribution is 2.36. The van der Waals surface area contributed by atoms with Crippen molar-refractivity contribution < 1.29 is 4.79 Å². The minimum absolute atomic E-state index is 0.220. The van der Waals surface area contributed by atoms with E-state index in [4.69, 9.17) is 5.73 Å². The molecular formula is C17H27N3O. The third-order valence-electron chi connectivity index (χ3n) is 5.25. The lowest BCUT2D eigenvalue weighted by Crippen LogP contribution is -2.51. The van der Waals surface area contributed by atoms with Gasteiger partial charge in [0.2, 0.25) is 5.91 Å². The van der Waals surface area contributed by atoms with Crippen molar-refractivity contribution in [2.45, 2.75) is 62.9 Å². The van der Waals surface area contributed by atoms with Crippen molar-refractivity contribution in [1.82, 2.24) is 9.47 Å². The monoisotopic (exact) mass is 289 g/mol. The van der Waals surface area contributed by atoms with Gasteiger partial charge < -0.3 is 15.2 Å². The Bertz CT molecular complexity index is 504. The molecule has 1 unspecified atom stereocenters. The summed E-state index contributed by atoms with van der Waals surface area (Å²) in [5, 5.41) is 0. The van der Waals surface area contributed by atoms with Gasteiger partial charge in [-0.25, -0.2) is 0 Å². The Morgan fingerprint density at radius 1 is 1.33 bits per heavy atom. The summed E-state index contributed by atoms with van der Waals surface area (Å²) < 4.78 is 2.15. The van der Waals surface area contributed by atoms with Crippen molar-refractivity contribution in [1.29, 1.82) is 0 Å². The zero-order chi connectivity index (χ0) is 14.9. The molecule has 1 aliphatic carbocycles. The third kappa shape index (κ3) is 3.00. The number of carbonyl (C=O) groups excluding carboxylic acids is 1. The van der Waals surface area contributed by atoms with Crippen LogP contribution in [0.25, 0.3) is 0 Å². The van der Waals surface area contributed by atoms with Crippen LogP contribution in [0.2, 0.25) is 0 Å². The largest absolute Gasteiger partial charge is 0.353 e. The number of hydrogen-bond donors (Lipinski definition) is 1. The molecule has 4 heteroatoms. The lowest BCUT2D eigenvalue weighted by atomic mass is 9.75. The Hall–Kier alpha value is -1.29. The number of hydrogen-bond acceptors (Lipinski definition) is 2. The van der Waals surface area contributed by atoms with Crippen LogP contribution < -0.4 is 5.73 Å². The first kappa shape index (κ1) is 14.6. The maximum Gasteiger partial charge on any atom is 0.224 e. The van der Waals surface area contributed by atoms with Crippen LogP contribution in [0.3, 0.4) is 0 Å². The summed E-state index contributed by atoms with van der Waals surface area (Å²) in [6, 6.07) is 4.44. The van der Waals surface area contributed by atoms with Gasteiger partial charge in [0.15, 0.2) is 0 Å². The number of carbonyl (C=O) groups is 1. The normalized spacial score (nSPS) is 25.2. The van der Waals surface area contributed by atoms with Gasteiger partial charge in [-0.15, -0.1) is 0 Å². The highest BCUT2D eigenvalue weighted by Gasteiger charge is 2.38. The number of nitrogens with zero attached hydrogens (tertiary/aromatic N) is 2. The Kier molecular flexibility index (Phi) is 4.07. The highest BCUT2D eigenvalue weighted by atomic mass is 16.2. The fourth-order valence-corrected chi connectivity index (χ4v) is 3.75. The van der Waals surface area contributed by atoms with Crippen LogP contribution >= 0.6 is 0 Å². The van der Waals surface area contributed by atoms with Crippen molar-refractivity contribution in [3.8, 4) is 0 Å². The van der Waals surface area contributed by atoms with Crippen molar-refractivity contribution >= 4 is 5.91 Å². The Morgan fingerprint density at radius 2 is 2.14 bits per heavy atom. The molecule has 21 heavy (non-hydrogen) atoms. The van der Waals surface area contributed by atoms with Gasteiger partial charge in [-0.3, -0.25) is 4.79 Å². The minimum atomic E-state index is -0.220. The molecular weight excluding hydrogens is 262 g/mol. The molecule has 1 aliphatic heterocycles. The topological polar surface area (TPSA) is 51.3 Å². The molecule has 2 fully saturated rings. The molecule has 116 valence electrons. The second kappa shape index (κ2) is 5.84. The van der Waals surface area contributed by atoms with Crippen molar-refractivity contribution in [2.75, 3.05) is 6.54 Å². The van der Waals surface area contributed by atoms with E-state index in [0.29, 0.717) is 6.42 Å². The molecule has 1 amide bonds. The molecule has 1 aromatic heterocycles. The molecule has 1 saturated heterocycles. The summed E-state index contributed by atoms with van der Waals surface area (Å²) >= 11 is 0. The molecule has 1 saturated carbocycles. The first-order valence-corrected chi connectivity index (χ1v) is 8.29. The summed E-state index contributed by atoms with van der Waals surface area (Å²) in [7, 11) is 2.07. The van der Waals surface area contributed by atoms with Gasteiger partial charge in [-0.2, -0.15) is 0 Å². The van der Waals surface area contributed by atoms with Gasteiger partial charge >= 0.3 is 0 Å². The average molecular weight is 289 g/mol. The predicted octanol–water partition coefficient (Wildman–Crippen LogP) is 2.74. The van der Waals surface area contributed by atoms with Gasteiger partial charge in [0, 0.05) is 37.4 Å². The summed E-state index contributed by atoms with van der Waals surface area (Å²) in [6.07, 6.45) is 10.4. The first-order valence-electron chi connectivity index (χ1n) is 8.29. The van der Waals surface area contributed by atoms with E-state index in [0.717, 1.165) is 32.2 Å². The molecule has 2 N–H and O–H groups in total. The molecule has 4 nitrogen and oxygen atoms in total. The van der Waals surface area contributed by atoms with E-state index in [1.807, 2.05) is 0 Å². The molecule has 2 aliphatic rings. The van der Waals surface area contributed by atoms with Gasteiger partial charge in [0.25, 0.3) is 0 Å². The molecule has 0 aromatic carbocycles. The molecule has 0 spiro atoms. The van der Waals surface area contributed by atoms with Gasteiger partial charge in [0.1, 0.15) is 0 Å². The second-order valence-corrected chi connectivity index (χ2v) is 6.89. The summed E-state index contributed by atoms with van der Waals surface area (Å²) in [5.41, 5.74) is 7.33. The van der Waals surface area contributed by atoms with Gasteiger partial charge in [-0.05, 0) is 44.2 Å². The number of nitrogens with two attached hydrogens (primary N) is 1. The van der Waals surface area contributed by atoms with Crippen LogP contribution in [0, 0.1) is 0 Å². The number of likely N-dealkylation sites (tertiary alicyclic amines) is 1. The average Bonchev–Trinajstić information content (AvgIpc) is 2.71. The van der Waals surface area contributed by atoms with E-state index in [1.165, 1.54) is 25.0 Å². The molecule has 2 heterocycles. The van der Waals surface area contributed by atoms with Crippen LogP contribution in [-0.2, 0) is 11.8 Å². The van der Waals surface area contributed by atoms with Crippen LogP contribution in [0.15, 0.2) is 18.3 Å². The van der Waals surface area contributed by atoms with Crippen molar-refractivity contribution in [3.05, 3.63) is 24.0 Å². The summed E-state index contributed by atoms with van der Waals surface area (Å²) in [5.74, 6) is 0.255. The summed E-state index contributed by atoms with van der Waals surface area (Å²) in [4.78, 5) is 14.9. The smallest absolute Gasteiger partial charge is 0.224 e. The summed E-state index contributed by atoms with van der Waals surface area (Å²) in [6.45, 7) is 0.880. The Balaban J connectivity index is 1.78. The van der Waals surface area contributed by atoms with E-state index in [1.54, 1.807) is 0 Å². The van der Waals surface area contributed by atoms with E-state index in [2.05, 4.69) is 34.8 Å². The second-order valence-electron chi connectivity index (χ2n) is 6.89. The maximum atomic E-state index is 12.8. The molecule has 3 rings (SSSR count). The number of aryl methyl sites for hydroxylation is 1. The molecule has 0 radical (unpaired) electrons. The quantitative estimate of drug-likeness (QED) is 0.930. The Morgan fingerprint density at radius 3 is 2.76 bits per heavy atom. The highest BCUT2D eigenvalue weighted by molar-refractivity contribution is 5.78. The first-order chi connectivity index (χ1) is 10.1. The lowest BCUT2D eigenvalue weighted by Gasteiger charge is -2.40. The SMILES string of the molecule is Cn1cccc1C1CCCCCN1C(=O)CC1(N)CCC1. The van der Waals surface area contributed by atoms with Gasteiger partial charge in [-0.1, -0.05) is 12.8 Å². The zero-order valence-electron chi connectivity index (χ0n) is 13.1. The standard InChI is InChI=1S/C17H27N3O/c1-19-11-5-8-14(19)15-7-3-2-4-12-20(15)16(21)13-17(18)9-6-10-17/h5,8,11,15H,2-4,6-7,9-10,12-13,18H2,1H3. The fraction of sp³-hybridized carbons (Fsp3) is 0.706. The van der Waals surface area contributed by atoms with E-state index in [-0.39, 0.29) is 17.5 Å². The molecule has 1 atom stereocenters. The van der Waals surface area contributed by atoms with Crippen LogP contribution in [-0.4, -0.2) is 27.5 Å². The van der Waals surface area contributed by atoms with Crippen molar-refractivity contribution in [2.24, 2.45) is 12.8 Å². The van der Waals surface area contributed by atoms with Crippen LogP contribution in [0.4, 0.5) is 0 Å². The molecule has 1 aromatic rings. The number of rotatable bonds is 3. The van der Waals surface area contributed by atoms with E-state index in [9.17, 15) is 4.79 Å². The number of aromatic nitrogens is 1. The Labute approximate surface area is 127 Å². The van der Waals surface area contributed by atoms with Crippen molar-refractivity contribution in [3.63, 3.8) is 0 Å². The zero-order valence-corrected chi connectivity index (χ0v) is 13.1. The van der Waals surface area contributed by atoms with E-state index < -0.39 is 0 Å². The third-order valence-corrected chi connectivity index (χ3v) is 5.25. The number of amides is 1. The fourth-order valence-electron chi connectivity index (χ4n) is 3.75. The molecule has 0 bridgehead atoms. The van der Waals surface area contributed by atoms with Crippen LogP contribution in [0.1, 0.15) is 63.1 Å². The maximum absolute atomic E-state index is 12.8. The lowest BCUT2D eigenvalue weighted by molar-refractivity contribution is -0.135. The minimum Gasteiger partial charge on any atom is -0.353 e.